The van der Waals surface area contributed by atoms with Crippen molar-refractivity contribution in [3.8, 4) is 0 Å². The van der Waals surface area contributed by atoms with Crippen LogP contribution in [0.5, 0.6) is 0 Å². The van der Waals surface area contributed by atoms with Crippen molar-refractivity contribution in [2.75, 3.05) is 6.54 Å². The highest BCUT2D eigenvalue weighted by atomic mass is 19.4. The Morgan fingerprint density at radius 3 is 2.32 bits per heavy atom. The number of nitrogens with two attached hydrogens (primary N) is 1. The lowest BCUT2D eigenvalue weighted by Crippen LogP contribution is -2.58. The van der Waals surface area contributed by atoms with Gasteiger partial charge in [0.1, 0.15) is 6.54 Å². The van der Waals surface area contributed by atoms with Gasteiger partial charge in [-0.25, -0.2) is 0 Å². The fourth-order valence-corrected chi connectivity index (χ4v) is 2.93. The van der Waals surface area contributed by atoms with Crippen LogP contribution >= 0.6 is 0 Å². The van der Waals surface area contributed by atoms with Crippen LogP contribution in [0.3, 0.4) is 0 Å². The first-order valence-corrected chi connectivity index (χ1v) is 6.90. The Bertz CT molecular complexity index is 346. The molecular formula is C13H21F3N2O. The van der Waals surface area contributed by atoms with Gasteiger partial charge in [-0.15, -0.1) is 0 Å². The third-order valence-corrected chi connectivity index (χ3v) is 4.33. The highest BCUT2D eigenvalue weighted by Gasteiger charge is 2.47. The van der Waals surface area contributed by atoms with Gasteiger partial charge in [0, 0.05) is 6.04 Å². The van der Waals surface area contributed by atoms with E-state index in [0.717, 1.165) is 30.6 Å². The molecule has 1 unspecified atom stereocenters. The van der Waals surface area contributed by atoms with Gasteiger partial charge in [0.2, 0.25) is 5.91 Å². The molecule has 0 saturated heterocycles. The summed E-state index contributed by atoms with van der Waals surface area (Å²) in [4.78, 5) is 13.4. The number of hydrogen-bond acceptors (Lipinski definition) is 2. The average molecular weight is 278 g/mol. The van der Waals surface area contributed by atoms with Crippen molar-refractivity contribution < 1.29 is 18.0 Å². The van der Waals surface area contributed by atoms with Crippen molar-refractivity contribution in [3.63, 3.8) is 0 Å². The van der Waals surface area contributed by atoms with Crippen LogP contribution in [-0.4, -0.2) is 35.1 Å². The lowest BCUT2D eigenvalue weighted by Gasteiger charge is -2.36. The average Bonchev–Trinajstić information content (AvgIpc) is 3.06. The molecule has 2 fully saturated rings. The first-order valence-electron chi connectivity index (χ1n) is 6.90. The molecule has 1 amide bonds. The van der Waals surface area contributed by atoms with E-state index in [9.17, 15) is 18.0 Å². The van der Waals surface area contributed by atoms with Crippen molar-refractivity contribution in [1.82, 2.24) is 4.90 Å². The van der Waals surface area contributed by atoms with Crippen LogP contribution in [0.25, 0.3) is 0 Å². The molecule has 2 saturated carbocycles. The lowest BCUT2D eigenvalue weighted by atomic mass is 9.95. The van der Waals surface area contributed by atoms with E-state index in [4.69, 9.17) is 5.73 Å². The first-order chi connectivity index (χ1) is 8.73. The van der Waals surface area contributed by atoms with Gasteiger partial charge >= 0.3 is 6.18 Å². The van der Waals surface area contributed by atoms with Gasteiger partial charge in [-0.1, -0.05) is 12.8 Å². The van der Waals surface area contributed by atoms with Crippen LogP contribution in [0.15, 0.2) is 0 Å². The number of carbonyl (C=O) groups excluding carboxylic acids is 1. The minimum atomic E-state index is -4.37. The van der Waals surface area contributed by atoms with Crippen molar-refractivity contribution in [3.05, 3.63) is 0 Å². The summed E-state index contributed by atoms with van der Waals surface area (Å²) in [7, 11) is 0. The van der Waals surface area contributed by atoms with Crippen LogP contribution in [0.4, 0.5) is 13.2 Å². The highest BCUT2D eigenvalue weighted by Crippen LogP contribution is 2.38. The summed E-state index contributed by atoms with van der Waals surface area (Å²) in [5.41, 5.74) is 4.95. The fraction of sp³-hybridized carbons (Fsp3) is 0.923. The second-order valence-electron chi connectivity index (χ2n) is 5.99. The molecule has 0 heterocycles. The standard InChI is InChI=1S/C13H21F3N2O/c1-9(10-4-5-10)18(8-13(14,15)16)11(19)12(17)6-2-3-7-12/h9-10H,2-8,17H2,1H3. The van der Waals surface area contributed by atoms with Gasteiger partial charge in [0.05, 0.1) is 5.54 Å². The second kappa shape index (κ2) is 4.96. The van der Waals surface area contributed by atoms with Crippen LogP contribution in [-0.2, 0) is 4.79 Å². The molecule has 0 aromatic heterocycles. The number of alkyl halides is 3. The minimum absolute atomic E-state index is 0.205. The molecule has 3 nitrogen and oxygen atoms in total. The summed E-state index contributed by atoms with van der Waals surface area (Å²) >= 11 is 0. The van der Waals surface area contributed by atoms with E-state index in [0.29, 0.717) is 12.8 Å². The summed E-state index contributed by atoms with van der Waals surface area (Å²) in [6, 6.07) is -0.366. The SMILES string of the molecule is CC(C1CC1)N(CC(F)(F)F)C(=O)C1(N)CCCC1. The molecule has 2 N–H and O–H groups in total. The monoisotopic (exact) mass is 278 g/mol. The van der Waals surface area contributed by atoms with Gasteiger partial charge in [-0.2, -0.15) is 13.2 Å². The number of hydrogen-bond donors (Lipinski definition) is 1. The molecule has 2 aliphatic rings. The van der Waals surface area contributed by atoms with Crippen molar-refractivity contribution in [2.45, 2.75) is 63.2 Å². The van der Waals surface area contributed by atoms with Gasteiger partial charge in [-0.3, -0.25) is 4.79 Å². The molecule has 0 aromatic carbocycles. The summed E-state index contributed by atoms with van der Waals surface area (Å²) in [5.74, 6) is -0.307. The maximum Gasteiger partial charge on any atom is 0.406 e. The second-order valence-corrected chi connectivity index (χ2v) is 5.99. The molecule has 1 atom stereocenters. The van der Waals surface area contributed by atoms with E-state index in [2.05, 4.69) is 0 Å². The van der Waals surface area contributed by atoms with E-state index in [-0.39, 0.29) is 12.0 Å². The zero-order valence-electron chi connectivity index (χ0n) is 11.2. The van der Waals surface area contributed by atoms with E-state index < -0.39 is 24.2 Å². The predicted molar refractivity (Wildman–Crippen MR) is 65.3 cm³/mol. The smallest absolute Gasteiger partial charge is 0.329 e. The Kier molecular flexibility index (Phi) is 3.82. The van der Waals surface area contributed by atoms with E-state index in [1.807, 2.05) is 0 Å². The van der Waals surface area contributed by atoms with Crippen molar-refractivity contribution in [1.29, 1.82) is 0 Å². The summed E-state index contributed by atoms with van der Waals surface area (Å²) in [6.07, 6.45) is 0.0729. The number of carbonyl (C=O) groups is 1. The van der Waals surface area contributed by atoms with Crippen LogP contribution < -0.4 is 5.73 Å². The molecular weight excluding hydrogens is 257 g/mol. The number of rotatable bonds is 4. The molecule has 19 heavy (non-hydrogen) atoms. The van der Waals surface area contributed by atoms with Crippen LogP contribution in [0, 0.1) is 5.92 Å². The molecule has 0 aromatic rings. The first kappa shape index (κ1) is 14.6. The normalized spacial score (nSPS) is 24.3. The third kappa shape index (κ3) is 3.41. The maximum absolute atomic E-state index is 12.7. The van der Waals surface area contributed by atoms with Gasteiger partial charge in [0.15, 0.2) is 0 Å². The van der Waals surface area contributed by atoms with Gasteiger partial charge in [-0.05, 0) is 38.5 Å². The summed E-state index contributed by atoms with van der Waals surface area (Å²) < 4.78 is 38.1. The van der Waals surface area contributed by atoms with Gasteiger partial charge in [0.25, 0.3) is 0 Å². The minimum Gasteiger partial charge on any atom is -0.329 e. The highest BCUT2D eigenvalue weighted by molar-refractivity contribution is 5.86. The zero-order valence-corrected chi connectivity index (χ0v) is 11.2. The third-order valence-electron chi connectivity index (χ3n) is 4.33. The molecule has 110 valence electrons. The number of amides is 1. The van der Waals surface area contributed by atoms with E-state index in [1.165, 1.54) is 0 Å². The summed E-state index contributed by atoms with van der Waals surface area (Å²) in [5, 5.41) is 0. The fourth-order valence-electron chi connectivity index (χ4n) is 2.93. The van der Waals surface area contributed by atoms with Crippen molar-refractivity contribution in [2.24, 2.45) is 11.7 Å². The number of nitrogens with zero attached hydrogens (tertiary/aromatic N) is 1. The number of halogens is 3. The Morgan fingerprint density at radius 1 is 1.37 bits per heavy atom. The Hall–Kier alpha value is -0.780. The molecule has 0 bridgehead atoms. The van der Waals surface area contributed by atoms with E-state index >= 15 is 0 Å². The van der Waals surface area contributed by atoms with Crippen LogP contribution in [0.2, 0.25) is 0 Å². The van der Waals surface area contributed by atoms with Gasteiger partial charge < -0.3 is 10.6 Å². The van der Waals surface area contributed by atoms with E-state index in [1.54, 1.807) is 6.92 Å². The zero-order chi connectivity index (χ0) is 14.3. The molecule has 0 spiro atoms. The lowest BCUT2D eigenvalue weighted by molar-refractivity contribution is -0.169. The van der Waals surface area contributed by atoms with Crippen molar-refractivity contribution >= 4 is 5.91 Å². The molecule has 0 aliphatic heterocycles. The molecule has 6 heteroatoms. The molecule has 0 radical (unpaired) electrons. The predicted octanol–water partition coefficient (Wildman–Crippen LogP) is 2.45. The maximum atomic E-state index is 12.7. The quantitative estimate of drug-likeness (QED) is 0.858. The molecule has 2 rings (SSSR count). The topological polar surface area (TPSA) is 46.3 Å². The van der Waals surface area contributed by atoms with Crippen LogP contribution in [0.1, 0.15) is 45.4 Å². The Balaban J connectivity index is 2.13. The Morgan fingerprint density at radius 2 is 1.89 bits per heavy atom. The largest absolute Gasteiger partial charge is 0.406 e. The molecule has 2 aliphatic carbocycles. The Labute approximate surface area is 111 Å². The summed E-state index contributed by atoms with van der Waals surface area (Å²) in [6.45, 7) is 0.530.